The van der Waals surface area contributed by atoms with E-state index in [1.165, 1.54) is 146 Å². The molecular weight excluding hydrogens is 1040 g/mol. The van der Waals surface area contributed by atoms with Gasteiger partial charge in [0, 0.05) is 70.6 Å². The number of hydrazine groups is 1. The zero-order chi connectivity index (χ0) is 52.6. The number of hydrogen-bond acceptors (Lipinski definition) is 8. The molecule has 0 aromatic heterocycles. The zero-order valence-electron chi connectivity index (χ0n) is 51.3. The smallest absolute Gasteiger partial charge is 0.664 e. The number of carbonyl (C=O) groups is 1. The van der Waals surface area contributed by atoms with Gasteiger partial charge in [-0.25, -0.2) is 5.01 Å². The summed E-state index contributed by atoms with van der Waals surface area (Å²) in [4.78, 5) is 16.0. The number of carbonyl (C=O) groups excluding carboxylic acids is 1. The van der Waals surface area contributed by atoms with Crippen LogP contribution < -0.4 is 114 Å². The van der Waals surface area contributed by atoms with Crippen molar-refractivity contribution in [1.82, 2.24) is 20.7 Å². The molecule has 0 bridgehead atoms. The Balaban J connectivity index is 0.00000463. The van der Waals surface area contributed by atoms with E-state index in [1.807, 2.05) is 20.9 Å². The SMILES string of the molecule is CC.C[N-]CCSC(CCC1CCC(C(=O)NC2CCC(CC3CCC([N-]C4CCC5CCC(C(C)CCC(SCCN(C)C)C(C)C)SCCN(C)NC5C4)CC3)CC2)CC1S)C(C)CCC(C)C(C)C.[K+].[K+]. The zero-order valence-corrected chi connectivity index (χ0v) is 60.9. The first-order valence-electron chi connectivity index (χ1n) is 30.8. The molecule has 4 saturated carbocycles. The minimum Gasteiger partial charge on any atom is -0.664 e. The molecular formula is C61H118K2N6OS4. The molecule has 2 N–H and O–H groups in total. The minimum absolute atomic E-state index is 0. The fourth-order valence-electron chi connectivity index (χ4n) is 13.3. The van der Waals surface area contributed by atoms with E-state index in [1.54, 1.807) is 0 Å². The first-order valence-corrected chi connectivity index (χ1v) is 34.4. The molecule has 0 radical (unpaired) electrons. The van der Waals surface area contributed by atoms with Crippen molar-refractivity contribution in [3.05, 3.63) is 10.6 Å². The topological polar surface area (TPSA) is 75.8 Å². The molecule has 1 aliphatic heterocycles. The summed E-state index contributed by atoms with van der Waals surface area (Å²) in [6, 6.07) is 2.05. The van der Waals surface area contributed by atoms with Gasteiger partial charge in [-0.1, -0.05) is 114 Å². The van der Waals surface area contributed by atoms with Gasteiger partial charge >= 0.3 is 103 Å². The molecule has 424 valence electrons. The van der Waals surface area contributed by atoms with Crippen LogP contribution >= 0.6 is 47.9 Å². The molecule has 12 atom stereocenters. The van der Waals surface area contributed by atoms with Crippen molar-refractivity contribution >= 4 is 53.8 Å². The van der Waals surface area contributed by atoms with E-state index < -0.39 is 0 Å². The summed E-state index contributed by atoms with van der Waals surface area (Å²) in [6.45, 7) is 24.4. The number of fused-ring (bicyclic) bond motifs is 1. The summed E-state index contributed by atoms with van der Waals surface area (Å²) in [7, 11) is 8.64. The molecule has 12 unspecified atom stereocenters. The molecule has 13 heteroatoms. The fourth-order valence-corrected chi connectivity index (χ4v) is 18.1. The summed E-state index contributed by atoms with van der Waals surface area (Å²) in [5.74, 6) is 11.0. The summed E-state index contributed by atoms with van der Waals surface area (Å²) >= 11 is 11.8. The molecule has 7 nitrogen and oxygen atoms in total. The molecule has 5 fully saturated rings. The molecule has 74 heavy (non-hydrogen) atoms. The van der Waals surface area contributed by atoms with Gasteiger partial charge in [0.25, 0.3) is 0 Å². The van der Waals surface area contributed by atoms with E-state index in [9.17, 15) is 4.79 Å². The summed E-state index contributed by atoms with van der Waals surface area (Å²) in [6.07, 6.45) is 29.3. The predicted molar refractivity (Wildman–Crippen MR) is 329 cm³/mol. The van der Waals surface area contributed by atoms with Crippen LogP contribution in [0.5, 0.6) is 0 Å². The Hall–Kier alpha value is 3.94. The molecule has 0 aromatic rings. The van der Waals surface area contributed by atoms with Gasteiger partial charge in [0.05, 0.1) is 0 Å². The van der Waals surface area contributed by atoms with Gasteiger partial charge in [0.2, 0.25) is 5.91 Å². The van der Waals surface area contributed by atoms with E-state index in [-0.39, 0.29) is 109 Å². The Morgan fingerprint density at radius 2 is 1.38 bits per heavy atom. The number of thioether (sulfide) groups is 3. The van der Waals surface area contributed by atoms with Crippen LogP contribution in [0.1, 0.15) is 210 Å². The van der Waals surface area contributed by atoms with Crippen molar-refractivity contribution in [3.8, 4) is 0 Å². The van der Waals surface area contributed by atoms with Gasteiger partial charge in [-0.2, -0.15) is 55.0 Å². The Morgan fingerprint density at radius 3 is 2.01 bits per heavy atom. The van der Waals surface area contributed by atoms with Crippen LogP contribution in [-0.4, -0.2) is 126 Å². The Labute approximate surface area is 564 Å². The summed E-state index contributed by atoms with van der Waals surface area (Å²) < 4.78 is 0. The Kier molecular flexibility index (Phi) is 41.9. The number of hydrogen-bond donors (Lipinski definition) is 3. The second-order valence-corrected chi connectivity index (χ2v) is 30.0. The summed E-state index contributed by atoms with van der Waals surface area (Å²) in [5.41, 5.74) is 4.01. The third-order valence-corrected chi connectivity index (χ3v) is 24.2. The minimum atomic E-state index is 0. The maximum absolute atomic E-state index is 13.7. The van der Waals surface area contributed by atoms with E-state index in [2.05, 4.69) is 131 Å². The average Bonchev–Trinajstić information content (AvgIpc) is 3.36. The van der Waals surface area contributed by atoms with Gasteiger partial charge in [-0.15, -0.1) is 18.6 Å². The number of thiol groups is 1. The van der Waals surface area contributed by atoms with Crippen molar-refractivity contribution in [2.45, 2.75) is 255 Å². The van der Waals surface area contributed by atoms with Crippen molar-refractivity contribution in [3.63, 3.8) is 0 Å². The number of nitrogens with one attached hydrogen (secondary N) is 2. The van der Waals surface area contributed by atoms with Gasteiger partial charge in [-0.05, 0) is 169 Å². The van der Waals surface area contributed by atoms with Crippen molar-refractivity contribution in [2.75, 3.05) is 65.1 Å². The Morgan fingerprint density at radius 1 is 0.743 bits per heavy atom. The maximum Gasteiger partial charge on any atom is 1.00 e. The maximum atomic E-state index is 13.7. The first-order chi connectivity index (χ1) is 34.6. The van der Waals surface area contributed by atoms with Gasteiger partial charge in [0.15, 0.2) is 0 Å². The fraction of sp³-hybridized carbons (Fsp3) is 0.984. The number of rotatable bonds is 27. The molecule has 4 aliphatic carbocycles. The van der Waals surface area contributed by atoms with E-state index in [0.717, 1.165) is 95.9 Å². The first kappa shape index (κ1) is 74.0. The van der Waals surface area contributed by atoms with Gasteiger partial charge < -0.3 is 20.9 Å². The largest absolute Gasteiger partial charge is 1.00 e. The van der Waals surface area contributed by atoms with Gasteiger partial charge in [0.1, 0.15) is 0 Å². The van der Waals surface area contributed by atoms with Crippen LogP contribution in [-0.2, 0) is 4.79 Å². The van der Waals surface area contributed by atoms with Crippen LogP contribution in [0.25, 0.3) is 10.6 Å². The van der Waals surface area contributed by atoms with Crippen LogP contribution in [0, 0.1) is 59.2 Å². The van der Waals surface area contributed by atoms with Gasteiger partial charge in [-0.3, -0.25) is 10.2 Å². The number of nitrogens with zero attached hydrogens (tertiary/aromatic N) is 4. The normalized spacial score (nSPS) is 31.4. The molecule has 5 rings (SSSR count). The predicted octanol–water partition coefficient (Wildman–Crippen LogP) is 9.93. The van der Waals surface area contributed by atoms with E-state index in [4.69, 9.17) is 17.9 Å². The van der Waals surface area contributed by atoms with Crippen LogP contribution in [0.2, 0.25) is 0 Å². The van der Waals surface area contributed by atoms with E-state index in [0.29, 0.717) is 46.5 Å². The third-order valence-electron chi connectivity index (χ3n) is 18.8. The molecule has 5 aliphatic rings. The molecule has 1 saturated heterocycles. The average molecular weight is 1160 g/mol. The van der Waals surface area contributed by atoms with Crippen molar-refractivity contribution in [1.29, 1.82) is 0 Å². The third kappa shape index (κ3) is 28.2. The Bertz CT molecular complexity index is 1410. The van der Waals surface area contributed by atoms with Crippen LogP contribution in [0.15, 0.2) is 0 Å². The molecule has 1 amide bonds. The monoisotopic (exact) mass is 1160 g/mol. The van der Waals surface area contributed by atoms with E-state index >= 15 is 0 Å². The quantitative estimate of drug-likeness (QED) is 0.0430. The second kappa shape index (κ2) is 41.9. The molecule has 1 heterocycles. The standard InChI is InChI=1S/C59H112N6OS4.C2H6.2K/c1-41(2)43(5)12-13-44(6)57(68-35-32-60-8)31-23-49-19-20-50(39-55(49)67)59(66)62-52-26-17-47(18-27-52)38-46-15-24-51(25-16-46)61-53-28-21-48-22-30-58(70-37-34-65(11)63-54(48)40-53)45(7)14-29-56(42(3)4)69-36-33-64(9)10;1-2;;/h41-58,63,67H,12-40H2,1-11H3,(H,62,66);1-2H3;;/q-2;;2*+1. The summed E-state index contributed by atoms with van der Waals surface area (Å²) in [5, 5.41) is 18.6. The molecule has 0 aromatic carbocycles. The van der Waals surface area contributed by atoms with Crippen LogP contribution in [0.4, 0.5) is 0 Å². The van der Waals surface area contributed by atoms with Crippen LogP contribution in [0.3, 0.4) is 0 Å². The van der Waals surface area contributed by atoms with Crippen molar-refractivity contribution in [2.24, 2.45) is 59.2 Å². The molecule has 0 spiro atoms. The number of amides is 1. The second-order valence-electron chi connectivity index (χ2n) is 25.3. The van der Waals surface area contributed by atoms with Crippen molar-refractivity contribution < 1.29 is 108 Å².